The van der Waals surface area contributed by atoms with E-state index in [0.717, 1.165) is 32.0 Å². The van der Waals surface area contributed by atoms with Crippen molar-refractivity contribution in [1.29, 1.82) is 0 Å². The molecule has 0 unspecified atom stereocenters. The van der Waals surface area contributed by atoms with E-state index >= 15 is 0 Å². The number of rotatable bonds is 1. The van der Waals surface area contributed by atoms with Crippen molar-refractivity contribution in [2.75, 3.05) is 12.4 Å². The smallest absolute Gasteiger partial charge is 0.183 e. The van der Waals surface area contributed by atoms with Gasteiger partial charge in [-0.05, 0) is 31.9 Å². The molecule has 0 atom stereocenters. The van der Waals surface area contributed by atoms with Gasteiger partial charge >= 0.3 is 0 Å². The van der Waals surface area contributed by atoms with E-state index in [9.17, 15) is 5.11 Å². The van der Waals surface area contributed by atoms with E-state index in [-0.39, 0.29) is 0 Å². The van der Waals surface area contributed by atoms with Crippen LogP contribution in [0.2, 0.25) is 0 Å². The summed E-state index contributed by atoms with van der Waals surface area (Å²) in [6.07, 6.45) is 0. The minimum atomic E-state index is 0.395. The molecule has 4 heteroatoms. The molecule has 0 fully saturated rings. The summed E-state index contributed by atoms with van der Waals surface area (Å²) >= 11 is 1.58. The van der Waals surface area contributed by atoms with Crippen LogP contribution in [-0.4, -0.2) is 17.1 Å². The molecule has 0 amide bonds. The van der Waals surface area contributed by atoms with Crippen LogP contribution in [0, 0.1) is 20.8 Å². The number of hydrogen-bond acceptors (Lipinski definition) is 4. The topological polar surface area (TPSA) is 45.2 Å². The lowest BCUT2D eigenvalue weighted by Gasteiger charge is -2.07. The number of aryl methyl sites for hydroxylation is 2. The largest absolute Gasteiger partial charge is 0.507 e. The predicted octanol–water partition coefficient (Wildman–Crippen LogP) is 2.97. The zero-order valence-electron chi connectivity index (χ0n) is 9.30. The number of nitrogens with one attached hydrogen (secondary N) is 1. The summed E-state index contributed by atoms with van der Waals surface area (Å²) in [6.45, 7) is 5.85. The summed E-state index contributed by atoms with van der Waals surface area (Å²) in [7, 11) is 1.86. The molecule has 1 heterocycles. The van der Waals surface area contributed by atoms with Crippen molar-refractivity contribution in [3.8, 4) is 5.75 Å². The van der Waals surface area contributed by atoms with Crippen molar-refractivity contribution < 1.29 is 5.11 Å². The number of thiazole rings is 1. The van der Waals surface area contributed by atoms with Crippen molar-refractivity contribution >= 4 is 26.7 Å². The third-order valence-corrected chi connectivity index (χ3v) is 4.00. The van der Waals surface area contributed by atoms with Gasteiger partial charge < -0.3 is 10.4 Å². The fourth-order valence-electron chi connectivity index (χ4n) is 1.68. The maximum absolute atomic E-state index is 9.93. The number of anilines is 1. The Labute approximate surface area is 92.8 Å². The number of fused-ring (bicyclic) bond motifs is 1. The zero-order valence-corrected chi connectivity index (χ0v) is 10.1. The Morgan fingerprint density at radius 1 is 1.13 bits per heavy atom. The predicted molar refractivity (Wildman–Crippen MR) is 65.0 cm³/mol. The van der Waals surface area contributed by atoms with Crippen LogP contribution in [0.5, 0.6) is 5.75 Å². The minimum Gasteiger partial charge on any atom is -0.507 e. The highest BCUT2D eigenvalue weighted by Gasteiger charge is 2.14. The van der Waals surface area contributed by atoms with Crippen LogP contribution >= 0.6 is 11.3 Å². The molecule has 0 radical (unpaired) electrons. The van der Waals surface area contributed by atoms with Crippen LogP contribution in [0.15, 0.2) is 0 Å². The van der Waals surface area contributed by atoms with Gasteiger partial charge in [0.15, 0.2) is 5.13 Å². The lowest BCUT2D eigenvalue weighted by atomic mass is 10.0. The molecule has 1 aromatic heterocycles. The van der Waals surface area contributed by atoms with E-state index in [2.05, 4.69) is 10.3 Å². The number of phenolic OH excluding ortho intramolecular Hbond substituents is 1. The van der Waals surface area contributed by atoms with Crippen LogP contribution in [0.4, 0.5) is 5.13 Å². The molecular weight excluding hydrogens is 208 g/mol. The normalized spacial score (nSPS) is 10.9. The molecule has 0 bridgehead atoms. The van der Waals surface area contributed by atoms with Gasteiger partial charge in [-0.25, -0.2) is 4.98 Å². The van der Waals surface area contributed by atoms with Crippen molar-refractivity contribution in [1.82, 2.24) is 4.98 Å². The molecule has 2 rings (SSSR count). The summed E-state index contributed by atoms with van der Waals surface area (Å²) in [5.41, 5.74) is 3.91. The second-order valence-corrected chi connectivity index (χ2v) is 4.67. The third kappa shape index (κ3) is 1.36. The summed E-state index contributed by atoms with van der Waals surface area (Å²) in [4.78, 5) is 4.49. The second-order valence-electron chi connectivity index (χ2n) is 3.67. The summed E-state index contributed by atoms with van der Waals surface area (Å²) < 4.78 is 1.07. The molecule has 0 saturated heterocycles. The molecule has 0 aliphatic rings. The Kier molecular flexibility index (Phi) is 2.31. The quantitative estimate of drug-likeness (QED) is 0.779. The average molecular weight is 222 g/mol. The van der Waals surface area contributed by atoms with Crippen LogP contribution in [0.25, 0.3) is 10.2 Å². The molecule has 0 aliphatic carbocycles. The lowest BCUT2D eigenvalue weighted by molar-refractivity contribution is 0.467. The highest BCUT2D eigenvalue weighted by molar-refractivity contribution is 7.22. The Morgan fingerprint density at radius 2 is 1.80 bits per heavy atom. The highest BCUT2D eigenvalue weighted by Crippen LogP contribution is 2.38. The van der Waals surface area contributed by atoms with Gasteiger partial charge in [0.1, 0.15) is 5.75 Å². The molecule has 1 aromatic carbocycles. The van der Waals surface area contributed by atoms with Gasteiger partial charge in [-0.1, -0.05) is 11.3 Å². The summed E-state index contributed by atoms with van der Waals surface area (Å²) in [5.74, 6) is 0.395. The monoisotopic (exact) mass is 222 g/mol. The van der Waals surface area contributed by atoms with Gasteiger partial charge in [0.25, 0.3) is 0 Å². The Bertz CT molecular complexity index is 486. The number of aromatic hydroxyl groups is 1. The zero-order chi connectivity index (χ0) is 11.2. The van der Waals surface area contributed by atoms with Gasteiger partial charge in [0.05, 0.1) is 10.2 Å². The van der Waals surface area contributed by atoms with E-state index in [1.54, 1.807) is 11.3 Å². The molecular formula is C11H14N2OS. The molecule has 0 spiro atoms. The molecule has 80 valence electrons. The first-order valence-corrected chi connectivity index (χ1v) is 5.65. The molecule has 2 aromatic rings. The molecule has 0 aliphatic heterocycles. The Balaban J connectivity index is 2.90. The third-order valence-electron chi connectivity index (χ3n) is 2.81. The fraction of sp³-hybridized carbons (Fsp3) is 0.364. The highest BCUT2D eigenvalue weighted by atomic mass is 32.1. The van der Waals surface area contributed by atoms with Gasteiger partial charge in [-0.2, -0.15) is 0 Å². The van der Waals surface area contributed by atoms with Crippen LogP contribution in [0.1, 0.15) is 16.7 Å². The van der Waals surface area contributed by atoms with E-state index in [1.807, 2.05) is 27.8 Å². The molecule has 15 heavy (non-hydrogen) atoms. The second kappa shape index (κ2) is 3.38. The number of phenols is 1. The molecule has 0 saturated carbocycles. The van der Waals surface area contributed by atoms with E-state index < -0.39 is 0 Å². The first kappa shape index (κ1) is 10.2. The van der Waals surface area contributed by atoms with Crippen molar-refractivity contribution in [3.05, 3.63) is 16.7 Å². The van der Waals surface area contributed by atoms with E-state index in [0.29, 0.717) is 5.75 Å². The van der Waals surface area contributed by atoms with Crippen molar-refractivity contribution in [2.45, 2.75) is 20.8 Å². The van der Waals surface area contributed by atoms with Crippen molar-refractivity contribution in [2.24, 2.45) is 0 Å². The molecule has 3 nitrogen and oxygen atoms in total. The van der Waals surface area contributed by atoms with Crippen molar-refractivity contribution in [3.63, 3.8) is 0 Å². The van der Waals surface area contributed by atoms with Crippen LogP contribution in [-0.2, 0) is 0 Å². The van der Waals surface area contributed by atoms with E-state index in [4.69, 9.17) is 0 Å². The van der Waals surface area contributed by atoms with Gasteiger partial charge in [-0.3, -0.25) is 0 Å². The number of benzene rings is 1. The number of aromatic nitrogens is 1. The van der Waals surface area contributed by atoms with Gasteiger partial charge in [0.2, 0.25) is 0 Å². The average Bonchev–Trinajstić information content (AvgIpc) is 2.67. The Hall–Kier alpha value is -1.29. The minimum absolute atomic E-state index is 0.395. The first-order valence-electron chi connectivity index (χ1n) is 4.83. The van der Waals surface area contributed by atoms with Crippen LogP contribution < -0.4 is 5.32 Å². The summed E-state index contributed by atoms with van der Waals surface area (Å²) in [5, 5.41) is 13.9. The lowest BCUT2D eigenvalue weighted by Crippen LogP contribution is -1.89. The van der Waals surface area contributed by atoms with Gasteiger partial charge in [0, 0.05) is 12.6 Å². The standard InChI is InChI=1S/C11H14N2OS/c1-5-6(2)9(14)7(3)10-8(5)13-11(12-4)15-10/h14H,1-4H3,(H,12,13). The maximum atomic E-state index is 9.93. The maximum Gasteiger partial charge on any atom is 0.183 e. The van der Waals surface area contributed by atoms with Crippen LogP contribution in [0.3, 0.4) is 0 Å². The fourth-order valence-corrected chi connectivity index (χ4v) is 2.66. The van der Waals surface area contributed by atoms with Gasteiger partial charge in [-0.15, -0.1) is 0 Å². The SMILES string of the molecule is CNc1nc2c(C)c(C)c(O)c(C)c2s1. The summed E-state index contributed by atoms with van der Waals surface area (Å²) in [6, 6.07) is 0. The van der Waals surface area contributed by atoms with E-state index in [1.165, 1.54) is 0 Å². The number of hydrogen-bond donors (Lipinski definition) is 2. The first-order chi connectivity index (χ1) is 7.06. The Morgan fingerprint density at radius 3 is 2.40 bits per heavy atom. The number of nitrogens with zero attached hydrogens (tertiary/aromatic N) is 1. The molecule has 2 N–H and O–H groups in total.